The van der Waals surface area contributed by atoms with E-state index in [1.807, 2.05) is 27.7 Å². The van der Waals surface area contributed by atoms with Crippen LogP contribution in [0.25, 0.3) is 11.4 Å². The molecule has 0 saturated carbocycles. The van der Waals surface area contributed by atoms with Crippen LogP contribution in [0.3, 0.4) is 0 Å². The molecule has 0 aliphatic carbocycles. The van der Waals surface area contributed by atoms with Crippen LogP contribution in [0.2, 0.25) is 0 Å². The lowest BCUT2D eigenvalue weighted by Crippen LogP contribution is -2.12. The molecule has 23 heavy (non-hydrogen) atoms. The highest BCUT2D eigenvalue weighted by Gasteiger charge is 2.25. The molecule has 1 aromatic heterocycles. The summed E-state index contributed by atoms with van der Waals surface area (Å²) >= 11 is 0. The summed E-state index contributed by atoms with van der Waals surface area (Å²) in [5, 5.41) is 27.7. The van der Waals surface area contributed by atoms with Crippen LogP contribution >= 0.6 is 0 Å². The van der Waals surface area contributed by atoms with Crippen molar-refractivity contribution in [2.75, 3.05) is 6.26 Å². The molecule has 0 aliphatic heterocycles. The van der Waals surface area contributed by atoms with Gasteiger partial charge in [-0.3, -0.25) is 4.57 Å². The minimum Gasteiger partial charge on any atom is -0.508 e. The van der Waals surface area contributed by atoms with Gasteiger partial charge in [0.1, 0.15) is 11.5 Å². The van der Waals surface area contributed by atoms with Gasteiger partial charge in [-0.2, -0.15) is 0 Å². The summed E-state index contributed by atoms with van der Waals surface area (Å²) in [5.74, 6) is 0.0837. The van der Waals surface area contributed by atoms with Gasteiger partial charge >= 0.3 is 0 Å². The second-order valence-electron chi connectivity index (χ2n) is 6.12. The average molecular weight is 339 g/mol. The summed E-state index contributed by atoms with van der Waals surface area (Å²) < 4.78 is 25.2. The Morgan fingerprint density at radius 2 is 1.65 bits per heavy atom. The second-order valence-corrected chi connectivity index (χ2v) is 8.03. The maximum atomic E-state index is 11.9. The Labute approximate surface area is 135 Å². The van der Waals surface area contributed by atoms with Crippen LogP contribution in [0.1, 0.15) is 45.2 Å². The molecule has 0 bridgehead atoms. The highest BCUT2D eigenvalue weighted by molar-refractivity contribution is 7.90. The SMILES string of the molecule is CC(C)c1cc(-c2nnc(S(C)(=O)=O)n2C(C)C)c(O)cc1O. The van der Waals surface area contributed by atoms with E-state index < -0.39 is 9.84 Å². The van der Waals surface area contributed by atoms with Crippen LogP contribution in [0.4, 0.5) is 0 Å². The monoisotopic (exact) mass is 339 g/mol. The molecule has 2 aromatic rings. The first-order chi connectivity index (χ1) is 10.5. The first-order valence-electron chi connectivity index (χ1n) is 7.25. The minimum absolute atomic E-state index is 0.0137. The molecule has 0 atom stereocenters. The van der Waals surface area contributed by atoms with Crippen molar-refractivity contribution < 1.29 is 18.6 Å². The molecule has 0 amide bonds. The fourth-order valence-electron chi connectivity index (χ4n) is 2.41. The van der Waals surface area contributed by atoms with E-state index in [-0.39, 0.29) is 34.4 Å². The van der Waals surface area contributed by atoms with E-state index >= 15 is 0 Å². The summed E-state index contributed by atoms with van der Waals surface area (Å²) in [6.45, 7) is 7.43. The molecule has 126 valence electrons. The van der Waals surface area contributed by atoms with Gasteiger partial charge in [-0.05, 0) is 31.4 Å². The van der Waals surface area contributed by atoms with Crippen LogP contribution in [-0.2, 0) is 9.84 Å². The highest BCUT2D eigenvalue weighted by atomic mass is 32.2. The number of hydrogen-bond donors (Lipinski definition) is 2. The third-order valence-electron chi connectivity index (χ3n) is 3.52. The van der Waals surface area contributed by atoms with Gasteiger partial charge in [0.15, 0.2) is 5.82 Å². The number of nitrogens with zero attached hydrogens (tertiary/aromatic N) is 3. The van der Waals surface area contributed by atoms with Crippen molar-refractivity contribution in [3.05, 3.63) is 17.7 Å². The molecule has 0 saturated heterocycles. The largest absolute Gasteiger partial charge is 0.508 e. The Morgan fingerprint density at radius 3 is 2.13 bits per heavy atom. The van der Waals surface area contributed by atoms with Crippen molar-refractivity contribution in [3.8, 4) is 22.9 Å². The molecule has 1 aromatic carbocycles. The predicted octanol–water partition coefficient (Wildman–Crippen LogP) is 2.46. The number of benzene rings is 1. The van der Waals surface area contributed by atoms with E-state index in [0.717, 1.165) is 6.26 Å². The Kier molecular flexibility index (Phi) is 4.39. The van der Waals surface area contributed by atoms with E-state index in [1.54, 1.807) is 6.07 Å². The Morgan fingerprint density at radius 1 is 1.04 bits per heavy atom. The van der Waals surface area contributed by atoms with E-state index in [4.69, 9.17) is 0 Å². The number of phenolic OH excluding ortho intramolecular Hbond substituents is 2. The fraction of sp³-hybridized carbons (Fsp3) is 0.467. The number of phenols is 2. The Balaban J connectivity index is 2.78. The molecule has 0 aliphatic rings. The lowest BCUT2D eigenvalue weighted by atomic mass is 9.98. The Bertz CT molecular complexity index is 839. The van der Waals surface area contributed by atoms with Crippen molar-refractivity contribution >= 4 is 9.84 Å². The Hall–Kier alpha value is -2.09. The van der Waals surface area contributed by atoms with E-state index in [1.165, 1.54) is 10.6 Å². The zero-order valence-corrected chi connectivity index (χ0v) is 14.6. The standard InChI is InChI=1S/C15H21N3O4S/c1-8(2)10-6-11(13(20)7-12(10)19)14-16-17-15(23(5,21)22)18(14)9(3)4/h6-9,19-20H,1-5H3. The number of rotatable bonds is 4. The summed E-state index contributed by atoms with van der Waals surface area (Å²) in [6.07, 6.45) is 1.07. The number of aromatic hydroxyl groups is 2. The molecular formula is C15H21N3O4S. The van der Waals surface area contributed by atoms with Gasteiger partial charge in [-0.1, -0.05) is 13.8 Å². The van der Waals surface area contributed by atoms with Crippen LogP contribution in [-0.4, -0.2) is 39.7 Å². The zero-order valence-electron chi connectivity index (χ0n) is 13.8. The van der Waals surface area contributed by atoms with Crippen molar-refractivity contribution in [2.45, 2.75) is 44.8 Å². The first kappa shape index (κ1) is 17.3. The molecule has 1 heterocycles. The molecule has 0 fully saturated rings. The zero-order chi connectivity index (χ0) is 17.5. The van der Waals surface area contributed by atoms with Gasteiger partial charge in [0.25, 0.3) is 0 Å². The molecule has 8 heteroatoms. The topological polar surface area (TPSA) is 105 Å². The summed E-state index contributed by atoms with van der Waals surface area (Å²) in [5.41, 5.74) is 0.972. The molecule has 0 spiro atoms. The minimum atomic E-state index is -3.55. The lowest BCUT2D eigenvalue weighted by Gasteiger charge is -2.16. The number of sulfone groups is 1. The van der Waals surface area contributed by atoms with Gasteiger partial charge in [-0.15, -0.1) is 10.2 Å². The summed E-state index contributed by atoms with van der Waals surface area (Å²) in [4.78, 5) is 0. The van der Waals surface area contributed by atoms with Crippen LogP contribution in [0.5, 0.6) is 11.5 Å². The van der Waals surface area contributed by atoms with Gasteiger partial charge in [0.2, 0.25) is 15.0 Å². The summed E-state index contributed by atoms with van der Waals surface area (Å²) in [7, 11) is -3.55. The predicted molar refractivity (Wildman–Crippen MR) is 86.4 cm³/mol. The average Bonchev–Trinajstić information content (AvgIpc) is 2.82. The van der Waals surface area contributed by atoms with Crippen LogP contribution < -0.4 is 0 Å². The number of aromatic nitrogens is 3. The molecule has 7 nitrogen and oxygen atoms in total. The smallest absolute Gasteiger partial charge is 0.249 e. The van der Waals surface area contributed by atoms with Crippen LogP contribution in [0, 0.1) is 0 Å². The fourth-order valence-corrected chi connectivity index (χ4v) is 3.26. The van der Waals surface area contributed by atoms with E-state index in [9.17, 15) is 18.6 Å². The molecule has 2 N–H and O–H groups in total. The molecule has 0 radical (unpaired) electrons. The summed E-state index contributed by atoms with van der Waals surface area (Å²) in [6, 6.07) is 2.63. The third kappa shape index (κ3) is 3.17. The lowest BCUT2D eigenvalue weighted by molar-refractivity contribution is 0.444. The van der Waals surface area contributed by atoms with Gasteiger partial charge < -0.3 is 10.2 Å². The third-order valence-corrected chi connectivity index (χ3v) is 4.46. The quantitative estimate of drug-likeness (QED) is 0.886. The molecule has 0 unspecified atom stereocenters. The molecular weight excluding hydrogens is 318 g/mol. The normalized spacial score (nSPS) is 12.3. The van der Waals surface area contributed by atoms with Crippen LogP contribution in [0.15, 0.2) is 17.3 Å². The van der Waals surface area contributed by atoms with Crippen molar-refractivity contribution in [1.82, 2.24) is 14.8 Å². The van der Waals surface area contributed by atoms with Gasteiger partial charge in [-0.25, -0.2) is 8.42 Å². The first-order valence-corrected chi connectivity index (χ1v) is 9.14. The van der Waals surface area contributed by atoms with Crippen molar-refractivity contribution in [2.24, 2.45) is 0 Å². The number of hydrogen-bond acceptors (Lipinski definition) is 6. The second kappa shape index (κ2) is 5.84. The van der Waals surface area contributed by atoms with Gasteiger partial charge in [0.05, 0.1) is 5.56 Å². The van der Waals surface area contributed by atoms with Crippen molar-refractivity contribution in [3.63, 3.8) is 0 Å². The molecule has 2 rings (SSSR count). The van der Waals surface area contributed by atoms with E-state index in [2.05, 4.69) is 10.2 Å². The van der Waals surface area contributed by atoms with Crippen molar-refractivity contribution in [1.29, 1.82) is 0 Å². The highest BCUT2D eigenvalue weighted by Crippen LogP contribution is 2.38. The van der Waals surface area contributed by atoms with Gasteiger partial charge in [0, 0.05) is 18.4 Å². The maximum Gasteiger partial charge on any atom is 0.249 e. The van der Waals surface area contributed by atoms with E-state index in [0.29, 0.717) is 11.1 Å². The maximum absolute atomic E-state index is 11.9.